The van der Waals surface area contributed by atoms with E-state index in [-0.39, 0.29) is 11.0 Å². The monoisotopic (exact) mass is 271 g/mol. The molecule has 19 heavy (non-hydrogen) atoms. The quantitative estimate of drug-likeness (QED) is 0.582. The van der Waals surface area contributed by atoms with Gasteiger partial charge in [-0.25, -0.2) is 8.78 Å². The minimum absolute atomic E-state index is 0.0668. The van der Waals surface area contributed by atoms with Crippen LogP contribution in [0.4, 0.5) is 14.5 Å². The highest BCUT2D eigenvalue weighted by Crippen LogP contribution is 2.20. The molecule has 0 saturated heterocycles. The van der Waals surface area contributed by atoms with Crippen LogP contribution in [0, 0.1) is 17.0 Å². The lowest BCUT2D eigenvalue weighted by Gasteiger charge is -2.18. The second kappa shape index (κ2) is 5.97. The van der Waals surface area contributed by atoms with Crippen molar-refractivity contribution in [3.63, 3.8) is 0 Å². The van der Waals surface area contributed by atoms with Gasteiger partial charge in [-0.1, -0.05) is 20.8 Å². The van der Waals surface area contributed by atoms with E-state index in [1.807, 2.05) is 26.2 Å². The summed E-state index contributed by atoms with van der Waals surface area (Å²) < 4.78 is 26.8. The summed E-state index contributed by atoms with van der Waals surface area (Å²) in [4.78, 5) is 11.7. The lowest BCUT2D eigenvalue weighted by atomic mass is 9.92. The molecule has 0 unspecified atom stereocenters. The summed E-state index contributed by atoms with van der Waals surface area (Å²) in [6.07, 6.45) is 0.770. The molecular formula is C13H19F2N3O. The number of hydrogen-bond donors (Lipinski definition) is 3. The van der Waals surface area contributed by atoms with Crippen LogP contribution < -0.4 is 16.6 Å². The molecule has 0 aliphatic heterocycles. The average molecular weight is 271 g/mol. The van der Waals surface area contributed by atoms with Crippen molar-refractivity contribution >= 4 is 11.6 Å². The van der Waals surface area contributed by atoms with Crippen molar-refractivity contribution < 1.29 is 13.6 Å². The van der Waals surface area contributed by atoms with Crippen LogP contribution in [0.1, 0.15) is 37.6 Å². The first-order valence-electron chi connectivity index (χ1n) is 5.98. The molecule has 1 aromatic carbocycles. The molecule has 0 aliphatic carbocycles. The minimum atomic E-state index is -0.900. The van der Waals surface area contributed by atoms with Crippen molar-refractivity contribution in [1.29, 1.82) is 0 Å². The third-order valence-corrected chi connectivity index (χ3v) is 2.61. The molecule has 0 saturated carbocycles. The third kappa shape index (κ3) is 4.48. The lowest BCUT2D eigenvalue weighted by molar-refractivity contribution is 0.0948. The standard InChI is InChI=1S/C13H19F2N3O/c1-13(2,3)4-5-17-12(19)8-6-9(14)11(18-16)10(15)7-8/h6-7,18H,4-5,16H2,1-3H3,(H,17,19). The van der Waals surface area contributed by atoms with Gasteiger partial charge in [0.2, 0.25) is 0 Å². The normalized spacial score (nSPS) is 11.3. The Labute approximate surface area is 111 Å². The molecule has 1 amide bonds. The van der Waals surface area contributed by atoms with Gasteiger partial charge in [-0.3, -0.25) is 10.6 Å². The number of nitrogens with one attached hydrogen (secondary N) is 2. The van der Waals surface area contributed by atoms with Crippen LogP contribution in [0.25, 0.3) is 0 Å². The van der Waals surface area contributed by atoms with E-state index < -0.39 is 23.2 Å². The van der Waals surface area contributed by atoms with Gasteiger partial charge in [-0.2, -0.15) is 0 Å². The fourth-order valence-electron chi connectivity index (χ4n) is 1.50. The zero-order valence-electron chi connectivity index (χ0n) is 11.3. The number of hydrazine groups is 1. The van der Waals surface area contributed by atoms with Crippen molar-refractivity contribution in [2.24, 2.45) is 11.3 Å². The Morgan fingerprint density at radius 2 is 1.79 bits per heavy atom. The predicted octanol–water partition coefficient (Wildman–Crippen LogP) is 2.42. The first kappa shape index (κ1) is 15.4. The van der Waals surface area contributed by atoms with Crippen LogP contribution in [0.5, 0.6) is 0 Å². The van der Waals surface area contributed by atoms with Gasteiger partial charge in [0, 0.05) is 12.1 Å². The molecule has 0 bridgehead atoms. The van der Waals surface area contributed by atoms with Crippen LogP contribution in [0.3, 0.4) is 0 Å². The van der Waals surface area contributed by atoms with Crippen molar-refractivity contribution in [3.05, 3.63) is 29.3 Å². The number of nitrogen functional groups attached to an aromatic ring is 1. The highest BCUT2D eigenvalue weighted by molar-refractivity contribution is 5.94. The highest BCUT2D eigenvalue weighted by atomic mass is 19.1. The summed E-state index contributed by atoms with van der Waals surface area (Å²) in [6, 6.07) is 1.90. The number of nitrogens with two attached hydrogens (primary N) is 1. The van der Waals surface area contributed by atoms with Crippen molar-refractivity contribution in [1.82, 2.24) is 5.32 Å². The molecule has 106 valence electrons. The molecule has 1 rings (SSSR count). The van der Waals surface area contributed by atoms with Crippen LogP contribution in [0.15, 0.2) is 12.1 Å². The van der Waals surface area contributed by atoms with Gasteiger partial charge in [-0.05, 0) is 24.0 Å². The average Bonchev–Trinajstić information content (AvgIpc) is 2.26. The maximum Gasteiger partial charge on any atom is 0.251 e. The van der Waals surface area contributed by atoms with Crippen LogP contribution in [-0.4, -0.2) is 12.5 Å². The Bertz CT molecular complexity index is 446. The summed E-state index contributed by atoms with van der Waals surface area (Å²) in [5, 5.41) is 2.62. The second-order valence-electron chi connectivity index (χ2n) is 5.53. The van der Waals surface area contributed by atoms with E-state index in [4.69, 9.17) is 5.84 Å². The number of halogens is 2. The topological polar surface area (TPSA) is 67.2 Å². The molecule has 0 fully saturated rings. The van der Waals surface area contributed by atoms with E-state index in [1.165, 1.54) is 0 Å². The Morgan fingerprint density at radius 3 is 2.21 bits per heavy atom. The van der Waals surface area contributed by atoms with Crippen LogP contribution >= 0.6 is 0 Å². The Hall–Kier alpha value is -1.69. The van der Waals surface area contributed by atoms with Gasteiger partial charge in [-0.15, -0.1) is 0 Å². The maximum absolute atomic E-state index is 13.4. The summed E-state index contributed by atoms with van der Waals surface area (Å²) in [6.45, 7) is 6.57. The van der Waals surface area contributed by atoms with Gasteiger partial charge in [0.1, 0.15) is 5.69 Å². The fraction of sp³-hybridized carbons (Fsp3) is 0.462. The van der Waals surface area contributed by atoms with Crippen molar-refractivity contribution in [2.45, 2.75) is 27.2 Å². The number of hydrogen-bond acceptors (Lipinski definition) is 3. The van der Waals surface area contributed by atoms with E-state index in [2.05, 4.69) is 5.32 Å². The molecule has 0 heterocycles. The fourth-order valence-corrected chi connectivity index (χ4v) is 1.50. The number of amides is 1. The molecule has 0 radical (unpaired) electrons. The van der Waals surface area contributed by atoms with Gasteiger partial charge in [0.25, 0.3) is 5.91 Å². The smallest absolute Gasteiger partial charge is 0.251 e. The number of benzene rings is 1. The van der Waals surface area contributed by atoms with E-state index in [9.17, 15) is 13.6 Å². The van der Waals surface area contributed by atoms with Gasteiger partial charge in [0.05, 0.1) is 0 Å². The summed E-state index contributed by atoms with van der Waals surface area (Å²) in [5.41, 5.74) is 1.47. The highest BCUT2D eigenvalue weighted by Gasteiger charge is 2.15. The zero-order chi connectivity index (χ0) is 14.6. The van der Waals surface area contributed by atoms with E-state index in [1.54, 1.807) is 0 Å². The molecule has 0 spiro atoms. The number of rotatable bonds is 4. The summed E-state index contributed by atoms with van der Waals surface area (Å²) >= 11 is 0. The number of anilines is 1. The Kier molecular flexibility index (Phi) is 4.83. The number of carbonyl (C=O) groups excluding carboxylic acids is 1. The van der Waals surface area contributed by atoms with E-state index in [0.717, 1.165) is 18.6 Å². The molecule has 6 heteroatoms. The van der Waals surface area contributed by atoms with Crippen molar-refractivity contribution in [3.8, 4) is 0 Å². The molecule has 0 aromatic heterocycles. The Balaban J connectivity index is 2.73. The Morgan fingerprint density at radius 1 is 1.26 bits per heavy atom. The first-order chi connectivity index (χ1) is 8.74. The lowest BCUT2D eigenvalue weighted by Crippen LogP contribution is -2.27. The largest absolute Gasteiger partial charge is 0.352 e. The predicted molar refractivity (Wildman–Crippen MR) is 70.6 cm³/mol. The van der Waals surface area contributed by atoms with Crippen LogP contribution in [0.2, 0.25) is 0 Å². The van der Waals surface area contributed by atoms with Gasteiger partial charge < -0.3 is 10.7 Å². The second-order valence-corrected chi connectivity index (χ2v) is 5.53. The number of carbonyl (C=O) groups is 1. The molecule has 4 N–H and O–H groups in total. The molecule has 4 nitrogen and oxygen atoms in total. The summed E-state index contributed by atoms with van der Waals surface area (Å²) in [7, 11) is 0. The summed E-state index contributed by atoms with van der Waals surface area (Å²) in [5.74, 6) is 2.67. The van der Waals surface area contributed by atoms with Gasteiger partial charge >= 0.3 is 0 Å². The van der Waals surface area contributed by atoms with Crippen molar-refractivity contribution in [2.75, 3.05) is 12.0 Å². The van der Waals surface area contributed by atoms with E-state index >= 15 is 0 Å². The molecule has 1 aromatic rings. The zero-order valence-corrected chi connectivity index (χ0v) is 11.3. The molecular weight excluding hydrogens is 252 g/mol. The maximum atomic E-state index is 13.4. The van der Waals surface area contributed by atoms with E-state index in [0.29, 0.717) is 6.54 Å². The van der Waals surface area contributed by atoms with Gasteiger partial charge in [0.15, 0.2) is 11.6 Å². The first-order valence-corrected chi connectivity index (χ1v) is 5.98. The molecule has 0 atom stereocenters. The molecule has 0 aliphatic rings. The SMILES string of the molecule is CC(C)(C)CCNC(=O)c1cc(F)c(NN)c(F)c1. The third-order valence-electron chi connectivity index (χ3n) is 2.61. The minimum Gasteiger partial charge on any atom is -0.352 e. The van der Waals surface area contributed by atoms with Crippen LogP contribution in [-0.2, 0) is 0 Å².